The van der Waals surface area contributed by atoms with Gasteiger partial charge in [-0.3, -0.25) is 0 Å². The predicted octanol–water partition coefficient (Wildman–Crippen LogP) is 7.36. The molecule has 0 radical (unpaired) electrons. The Morgan fingerprint density at radius 3 is 1.89 bits per heavy atom. The van der Waals surface area contributed by atoms with Gasteiger partial charge in [-0.1, -0.05) is 55.4 Å². The molecule has 4 N–H and O–H groups in total. The number of aliphatic hydroxyl groups is 4. The molecule has 11 atom stereocenters. The van der Waals surface area contributed by atoms with Crippen molar-refractivity contribution in [1.29, 1.82) is 0 Å². The van der Waals surface area contributed by atoms with E-state index in [1.165, 1.54) is 12.8 Å². The van der Waals surface area contributed by atoms with Gasteiger partial charge >= 0.3 is 0 Å². The standard InChI is InChI=1S/C29H52O4.2C2H6/c1-18-19-9-15-27(5)23(26(19,4)14-11-21(18)30)17-22(31)24-20(10-16-28(24,27)6)29(7,33)13-8-12-25(2,3)32;2*1-2/h18-24,30-33H,8-17H2,1-7H3;2*1-2H3/t18?,19?,20?,21?,22?,23?,24?,26?,27?,28-,29?;;/m1../s1. The second kappa shape index (κ2) is 11.8. The molecule has 4 heteroatoms. The molecule has 4 rings (SSSR count). The Morgan fingerprint density at radius 1 is 0.757 bits per heavy atom. The minimum absolute atomic E-state index is 0.0213. The normalized spacial score (nSPS) is 46.6. The Hall–Kier alpha value is -0.160. The zero-order chi connectivity index (χ0) is 28.6. The molecule has 37 heavy (non-hydrogen) atoms. The summed E-state index contributed by atoms with van der Waals surface area (Å²) >= 11 is 0. The van der Waals surface area contributed by atoms with Crippen molar-refractivity contribution >= 4 is 0 Å². The van der Waals surface area contributed by atoms with E-state index < -0.39 is 11.2 Å². The van der Waals surface area contributed by atoms with Gasteiger partial charge in [0, 0.05) is 0 Å². The van der Waals surface area contributed by atoms with E-state index in [-0.39, 0.29) is 40.3 Å². The molecule has 4 saturated carbocycles. The Balaban J connectivity index is 0.00000115. The molecule has 220 valence electrons. The summed E-state index contributed by atoms with van der Waals surface area (Å²) in [4.78, 5) is 0. The lowest BCUT2D eigenvalue weighted by Crippen LogP contribution is -2.65. The van der Waals surface area contributed by atoms with Crippen LogP contribution in [0.2, 0.25) is 0 Å². The van der Waals surface area contributed by atoms with Gasteiger partial charge < -0.3 is 20.4 Å². The first kappa shape index (κ1) is 33.0. The fourth-order valence-electron chi connectivity index (χ4n) is 10.1. The summed E-state index contributed by atoms with van der Waals surface area (Å²) in [6.45, 7) is 23.3. The summed E-state index contributed by atoms with van der Waals surface area (Å²) in [7, 11) is 0. The van der Waals surface area contributed by atoms with E-state index in [9.17, 15) is 20.4 Å². The highest BCUT2D eigenvalue weighted by molar-refractivity contribution is 5.19. The molecule has 4 fully saturated rings. The Kier molecular flexibility index (Phi) is 10.5. The van der Waals surface area contributed by atoms with Gasteiger partial charge in [0.2, 0.25) is 0 Å². The van der Waals surface area contributed by atoms with Crippen molar-refractivity contribution in [2.45, 2.75) is 164 Å². The van der Waals surface area contributed by atoms with Gasteiger partial charge in [-0.25, -0.2) is 0 Å². The van der Waals surface area contributed by atoms with Crippen LogP contribution in [0.5, 0.6) is 0 Å². The van der Waals surface area contributed by atoms with Crippen LogP contribution in [0.4, 0.5) is 0 Å². The number of fused-ring (bicyclic) bond motifs is 5. The molecule has 4 aliphatic carbocycles. The van der Waals surface area contributed by atoms with E-state index in [1.54, 1.807) is 0 Å². The molecule has 0 amide bonds. The van der Waals surface area contributed by atoms with E-state index in [4.69, 9.17) is 0 Å². The van der Waals surface area contributed by atoms with Crippen molar-refractivity contribution in [3.8, 4) is 0 Å². The number of hydrogen-bond acceptors (Lipinski definition) is 4. The monoisotopic (exact) mass is 524 g/mol. The molecular weight excluding hydrogens is 460 g/mol. The smallest absolute Gasteiger partial charge is 0.0651 e. The fourth-order valence-corrected chi connectivity index (χ4v) is 10.1. The molecule has 10 unspecified atom stereocenters. The van der Waals surface area contributed by atoms with Crippen LogP contribution in [0.1, 0.15) is 140 Å². The lowest BCUT2D eigenvalue weighted by Gasteiger charge is -2.69. The molecule has 4 nitrogen and oxygen atoms in total. The second-order valence-corrected chi connectivity index (χ2v) is 14.5. The first-order valence-electron chi connectivity index (χ1n) is 15.9. The molecule has 0 aromatic rings. The summed E-state index contributed by atoms with van der Waals surface area (Å²) in [5.41, 5.74) is -1.17. The first-order valence-corrected chi connectivity index (χ1v) is 15.9. The lowest BCUT2D eigenvalue weighted by atomic mass is 9.36. The van der Waals surface area contributed by atoms with Crippen LogP contribution in [-0.2, 0) is 0 Å². The van der Waals surface area contributed by atoms with Crippen LogP contribution in [-0.4, -0.2) is 43.8 Å². The Labute approximate surface area is 230 Å². The second-order valence-electron chi connectivity index (χ2n) is 14.5. The lowest BCUT2D eigenvalue weighted by molar-refractivity contribution is -0.234. The van der Waals surface area contributed by atoms with Crippen molar-refractivity contribution in [2.24, 2.45) is 45.8 Å². The molecule has 0 spiro atoms. The van der Waals surface area contributed by atoms with Crippen LogP contribution in [0.15, 0.2) is 0 Å². The largest absolute Gasteiger partial charge is 0.393 e. The number of hydrogen-bond donors (Lipinski definition) is 4. The quantitative estimate of drug-likeness (QED) is 0.303. The van der Waals surface area contributed by atoms with Gasteiger partial charge in [0.25, 0.3) is 0 Å². The topological polar surface area (TPSA) is 80.9 Å². The highest BCUT2D eigenvalue weighted by Crippen LogP contribution is 2.74. The van der Waals surface area contributed by atoms with E-state index in [0.717, 1.165) is 38.5 Å². The van der Waals surface area contributed by atoms with Crippen molar-refractivity contribution < 1.29 is 20.4 Å². The molecule has 0 heterocycles. The minimum atomic E-state index is -0.817. The SMILES string of the molecule is CC.CC.CC1C(O)CCC2(C)C1CCC1(C)C2CC(O)C2C(C(C)(O)CCCC(C)(C)O)CC[C@]21C. The Bertz CT molecular complexity index is 728. The van der Waals surface area contributed by atoms with Gasteiger partial charge in [0.1, 0.15) is 0 Å². The summed E-state index contributed by atoms with van der Waals surface area (Å²) < 4.78 is 0. The van der Waals surface area contributed by atoms with Crippen molar-refractivity contribution in [2.75, 3.05) is 0 Å². The zero-order valence-electron chi connectivity index (χ0n) is 26.4. The number of aliphatic hydroxyl groups excluding tert-OH is 2. The molecule has 0 aliphatic heterocycles. The maximum absolute atomic E-state index is 11.7. The van der Waals surface area contributed by atoms with Crippen molar-refractivity contribution in [3.63, 3.8) is 0 Å². The first-order chi connectivity index (χ1) is 17.1. The molecule has 0 bridgehead atoms. The molecule has 0 aromatic carbocycles. The highest BCUT2D eigenvalue weighted by atomic mass is 16.3. The zero-order valence-corrected chi connectivity index (χ0v) is 26.4. The number of rotatable bonds is 5. The van der Waals surface area contributed by atoms with E-state index >= 15 is 0 Å². The summed E-state index contributed by atoms with van der Waals surface area (Å²) in [5.74, 6) is 1.57. The third-order valence-electron chi connectivity index (χ3n) is 12.2. The summed E-state index contributed by atoms with van der Waals surface area (Å²) in [6, 6.07) is 0. The van der Waals surface area contributed by atoms with Crippen LogP contribution < -0.4 is 0 Å². The maximum Gasteiger partial charge on any atom is 0.0651 e. The molecule has 4 aliphatic rings. The van der Waals surface area contributed by atoms with E-state index in [1.807, 2.05) is 48.5 Å². The van der Waals surface area contributed by atoms with Gasteiger partial charge in [-0.15, -0.1) is 0 Å². The van der Waals surface area contributed by atoms with Crippen molar-refractivity contribution in [3.05, 3.63) is 0 Å². The van der Waals surface area contributed by atoms with Gasteiger partial charge in [-0.05, 0) is 131 Å². The van der Waals surface area contributed by atoms with Gasteiger partial charge in [0.05, 0.1) is 23.4 Å². The predicted molar refractivity (Wildman–Crippen MR) is 155 cm³/mol. The van der Waals surface area contributed by atoms with Crippen LogP contribution in [0, 0.1) is 45.8 Å². The van der Waals surface area contributed by atoms with Crippen LogP contribution >= 0.6 is 0 Å². The van der Waals surface area contributed by atoms with Gasteiger partial charge in [0.15, 0.2) is 0 Å². The van der Waals surface area contributed by atoms with E-state index in [2.05, 4.69) is 27.7 Å². The van der Waals surface area contributed by atoms with E-state index in [0.29, 0.717) is 30.6 Å². The fraction of sp³-hybridized carbons (Fsp3) is 1.00. The highest BCUT2D eigenvalue weighted by Gasteiger charge is 2.70. The third kappa shape index (κ3) is 5.70. The average molecular weight is 525 g/mol. The maximum atomic E-state index is 11.7. The molecule has 0 aromatic heterocycles. The van der Waals surface area contributed by atoms with Crippen LogP contribution in [0.25, 0.3) is 0 Å². The summed E-state index contributed by atoms with van der Waals surface area (Å²) in [5, 5.41) is 44.1. The molecular formula is C33H64O4. The van der Waals surface area contributed by atoms with Crippen LogP contribution in [0.3, 0.4) is 0 Å². The third-order valence-corrected chi connectivity index (χ3v) is 12.2. The Morgan fingerprint density at radius 2 is 1.32 bits per heavy atom. The molecule has 0 saturated heterocycles. The van der Waals surface area contributed by atoms with Gasteiger partial charge in [-0.2, -0.15) is 0 Å². The minimum Gasteiger partial charge on any atom is -0.393 e. The summed E-state index contributed by atoms with van der Waals surface area (Å²) in [6.07, 6.45) is 8.78. The average Bonchev–Trinajstić information content (AvgIpc) is 3.21. The van der Waals surface area contributed by atoms with Crippen molar-refractivity contribution in [1.82, 2.24) is 0 Å².